The van der Waals surface area contributed by atoms with Crippen molar-refractivity contribution in [3.05, 3.63) is 89.5 Å². The van der Waals surface area contributed by atoms with Crippen LogP contribution in [0.1, 0.15) is 21.5 Å². The summed E-state index contributed by atoms with van der Waals surface area (Å²) in [7, 11) is -3.67. The molecule has 0 aliphatic rings. The quantitative estimate of drug-likeness (QED) is 0.691. The molecule has 0 aliphatic carbocycles. The smallest absolute Gasteiger partial charge is 0.261 e. The van der Waals surface area contributed by atoms with Crippen LogP contribution >= 0.6 is 0 Å². The van der Waals surface area contributed by atoms with Gasteiger partial charge in [-0.2, -0.15) is 0 Å². The molecule has 0 aliphatic heterocycles. The third-order valence-corrected chi connectivity index (χ3v) is 5.44. The van der Waals surface area contributed by atoms with Crippen molar-refractivity contribution < 1.29 is 13.2 Å². The van der Waals surface area contributed by atoms with Crippen LogP contribution in [-0.2, 0) is 10.0 Å². The van der Waals surface area contributed by atoms with Gasteiger partial charge in [-0.1, -0.05) is 35.4 Å². The minimum absolute atomic E-state index is 0.189. The van der Waals surface area contributed by atoms with Crippen molar-refractivity contribution in [2.24, 2.45) is 0 Å². The summed E-state index contributed by atoms with van der Waals surface area (Å²) in [5.41, 5.74) is 3.63. The van der Waals surface area contributed by atoms with Gasteiger partial charge >= 0.3 is 0 Å². The number of carbonyl (C=O) groups is 1. The molecule has 0 saturated carbocycles. The molecular weight excluding hydrogens is 360 g/mol. The summed E-state index contributed by atoms with van der Waals surface area (Å²) in [6, 6.07) is 20.4. The second-order valence-corrected chi connectivity index (χ2v) is 8.00. The molecule has 3 aromatic carbocycles. The normalized spacial score (nSPS) is 11.0. The molecule has 0 atom stereocenters. The predicted molar refractivity (Wildman–Crippen MR) is 108 cm³/mol. The van der Waals surface area contributed by atoms with Gasteiger partial charge in [-0.3, -0.25) is 9.52 Å². The molecule has 0 bridgehead atoms. The molecule has 138 valence electrons. The molecule has 6 heteroatoms. The van der Waals surface area contributed by atoms with Crippen LogP contribution in [0.4, 0.5) is 11.4 Å². The Kier molecular flexibility index (Phi) is 5.28. The Balaban J connectivity index is 1.70. The van der Waals surface area contributed by atoms with E-state index >= 15 is 0 Å². The van der Waals surface area contributed by atoms with Crippen LogP contribution < -0.4 is 10.0 Å². The highest BCUT2D eigenvalue weighted by Gasteiger charge is 2.14. The largest absolute Gasteiger partial charge is 0.322 e. The molecule has 0 radical (unpaired) electrons. The minimum atomic E-state index is -3.67. The van der Waals surface area contributed by atoms with E-state index in [1.807, 2.05) is 38.1 Å². The fourth-order valence-corrected chi connectivity index (χ4v) is 3.52. The maximum atomic E-state index is 12.4. The van der Waals surface area contributed by atoms with Gasteiger partial charge < -0.3 is 5.32 Å². The first-order valence-electron chi connectivity index (χ1n) is 8.41. The third kappa shape index (κ3) is 4.74. The zero-order chi connectivity index (χ0) is 19.4. The number of nitrogens with one attached hydrogen (secondary N) is 2. The van der Waals surface area contributed by atoms with Gasteiger partial charge in [0.25, 0.3) is 15.9 Å². The minimum Gasteiger partial charge on any atom is -0.322 e. The van der Waals surface area contributed by atoms with E-state index in [9.17, 15) is 13.2 Å². The molecule has 2 N–H and O–H groups in total. The molecule has 0 aromatic heterocycles. The highest BCUT2D eigenvalue weighted by Crippen LogP contribution is 2.18. The lowest BCUT2D eigenvalue weighted by atomic mass is 10.2. The maximum Gasteiger partial charge on any atom is 0.261 e. The van der Waals surface area contributed by atoms with Crippen LogP contribution in [0.15, 0.2) is 77.7 Å². The maximum absolute atomic E-state index is 12.4. The van der Waals surface area contributed by atoms with Crippen molar-refractivity contribution in [1.82, 2.24) is 0 Å². The number of hydrogen-bond acceptors (Lipinski definition) is 3. The summed E-state index contributed by atoms with van der Waals surface area (Å²) in [5.74, 6) is -0.258. The van der Waals surface area contributed by atoms with Gasteiger partial charge in [-0.15, -0.1) is 0 Å². The first-order valence-corrected chi connectivity index (χ1v) is 9.89. The van der Waals surface area contributed by atoms with Crippen molar-refractivity contribution in [1.29, 1.82) is 0 Å². The molecule has 0 heterocycles. The molecule has 0 fully saturated rings. The molecule has 3 rings (SSSR count). The van der Waals surface area contributed by atoms with Crippen molar-refractivity contribution in [3.63, 3.8) is 0 Å². The average Bonchev–Trinajstić information content (AvgIpc) is 2.64. The number of anilines is 2. The number of aryl methyl sites for hydroxylation is 2. The highest BCUT2D eigenvalue weighted by atomic mass is 32.2. The van der Waals surface area contributed by atoms with Crippen LogP contribution in [-0.4, -0.2) is 14.3 Å². The number of hydrogen-bond donors (Lipinski definition) is 2. The highest BCUT2D eigenvalue weighted by molar-refractivity contribution is 7.92. The van der Waals surface area contributed by atoms with Gasteiger partial charge in [-0.25, -0.2) is 8.42 Å². The first-order chi connectivity index (χ1) is 12.8. The summed E-state index contributed by atoms with van der Waals surface area (Å²) in [5, 5.41) is 2.81. The van der Waals surface area contributed by atoms with Crippen molar-refractivity contribution >= 4 is 27.3 Å². The molecule has 0 spiro atoms. The predicted octanol–water partition coefficient (Wildman–Crippen LogP) is 4.36. The van der Waals surface area contributed by atoms with E-state index in [0.717, 1.165) is 11.1 Å². The Bertz CT molecular complexity index is 1040. The topological polar surface area (TPSA) is 75.3 Å². The molecule has 27 heavy (non-hydrogen) atoms. The number of carbonyl (C=O) groups excluding carboxylic acids is 1. The fourth-order valence-electron chi connectivity index (χ4n) is 2.46. The monoisotopic (exact) mass is 380 g/mol. The molecule has 0 unspecified atom stereocenters. The van der Waals surface area contributed by atoms with E-state index in [2.05, 4.69) is 10.0 Å². The number of sulfonamides is 1. The van der Waals surface area contributed by atoms with Gasteiger partial charge in [0.1, 0.15) is 0 Å². The number of benzene rings is 3. The van der Waals surface area contributed by atoms with Gasteiger partial charge in [0, 0.05) is 16.9 Å². The SMILES string of the molecule is Cc1ccc(NC(=O)c2ccc(NS(=O)(=O)c3ccc(C)cc3)cc2)cc1. The Labute approximate surface area is 159 Å². The zero-order valence-corrected chi connectivity index (χ0v) is 15.9. The van der Waals surface area contributed by atoms with Gasteiger partial charge in [-0.05, 0) is 62.4 Å². The Hall–Kier alpha value is -3.12. The van der Waals surface area contributed by atoms with E-state index < -0.39 is 10.0 Å². The van der Waals surface area contributed by atoms with E-state index in [1.54, 1.807) is 48.5 Å². The van der Waals surface area contributed by atoms with Crippen LogP contribution in [0.2, 0.25) is 0 Å². The summed E-state index contributed by atoms with van der Waals surface area (Å²) in [6.45, 7) is 3.87. The van der Waals surface area contributed by atoms with E-state index in [0.29, 0.717) is 16.9 Å². The average molecular weight is 380 g/mol. The van der Waals surface area contributed by atoms with Gasteiger partial charge in [0.15, 0.2) is 0 Å². The van der Waals surface area contributed by atoms with Crippen molar-refractivity contribution in [2.45, 2.75) is 18.7 Å². The Morgan fingerprint density at radius 2 is 1.19 bits per heavy atom. The molecule has 1 amide bonds. The second kappa shape index (κ2) is 7.63. The molecule has 5 nitrogen and oxygen atoms in total. The summed E-state index contributed by atoms with van der Waals surface area (Å²) >= 11 is 0. The Morgan fingerprint density at radius 3 is 1.74 bits per heavy atom. The van der Waals surface area contributed by atoms with Gasteiger partial charge in [0.2, 0.25) is 0 Å². The van der Waals surface area contributed by atoms with Crippen molar-refractivity contribution in [2.75, 3.05) is 10.0 Å². The summed E-state index contributed by atoms with van der Waals surface area (Å²) in [6.07, 6.45) is 0. The van der Waals surface area contributed by atoms with Gasteiger partial charge in [0.05, 0.1) is 4.90 Å². The lowest BCUT2D eigenvalue weighted by molar-refractivity contribution is 0.102. The van der Waals surface area contributed by atoms with Crippen LogP contribution in [0.3, 0.4) is 0 Å². The van der Waals surface area contributed by atoms with Crippen LogP contribution in [0.5, 0.6) is 0 Å². The summed E-state index contributed by atoms with van der Waals surface area (Å²) < 4.78 is 27.3. The van der Waals surface area contributed by atoms with Crippen LogP contribution in [0.25, 0.3) is 0 Å². The fraction of sp³-hybridized carbons (Fsp3) is 0.0952. The van der Waals surface area contributed by atoms with E-state index in [-0.39, 0.29) is 10.8 Å². The standard InChI is InChI=1S/C21H20N2O3S/c1-15-3-9-18(10-4-15)22-21(24)17-7-11-19(12-8-17)23-27(25,26)20-13-5-16(2)6-14-20/h3-14,23H,1-2H3,(H,22,24). The molecule has 3 aromatic rings. The first kappa shape index (κ1) is 18.7. The lowest BCUT2D eigenvalue weighted by Crippen LogP contribution is -2.14. The Morgan fingerprint density at radius 1 is 0.704 bits per heavy atom. The number of rotatable bonds is 5. The number of amides is 1. The summed E-state index contributed by atoms with van der Waals surface area (Å²) in [4.78, 5) is 12.5. The third-order valence-electron chi connectivity index (χ3n) is 4.04. The van der Waals surface area contributed by atoms with E-state index in [4.69, 9.17) is 0 Å². The van der Waals surface area contributed by atoms with Crippen LogP contribution in [0, 0.1) is 13.8 Å². The zero-order valence-electron chi connectivity index (χ0n) is 15.1. The van der Waals surface area contributed by atoms with Crippen molar-refractivity contribution in [3.8, 4) is 0 Å². The second-order valence-electron chi connectivity index (χ2n) is 6.32. The van der Waals surface area contributed by atoms with E-state index in [1.165, 1.54) is 0 Å². The molecule has 0 saturated heterocycles. The lowest BCUT2D eigenvalue weighted by Gasteiger charge is -2.10. The molecular formula is C21H20N2O3S.